The summed E-state index contributed by atoms with van der Waals surface area (Å²) in [6.07, 6.45) is 2.47. The molecule has 6 heteroatoms. The van der Waals surface area contributed by atoms with Gasteiger partial charge in [0, 0.05) is 43.4 Å². The lowest BCUT2D eigenvalue weighted by Gasteiger charge is -2.49. The van der Waals surface area contributed by atoms with E-state index in [1.165, 1.54) is 25.1 Å². The Bertz CT molecular complexity index is 788. The zero-order chi connectivity index (χ0) is 18.3. The number of aromatic nitrogens is 2. The number of piperidine rings is 3. The monoisotopic (exact) mass is 356 g/mol. The molecular formula is C20H28N4O2. The predicted molar refractivity (Wildman–Crippen MR) is 102 cm³/mol. The molecule has 0 radical (unpaired) electrons. The van der Waals surface area contributed by atoms with Gasteiger partial charge in [-0.05, 0) is 49.6 Å². The molecular weight excluding hydrogens is 328 g/mol. The van der Waals surface area contributed by atoms with Crippen LogP contribution in [0.5, 0.6) is 11.5 Å². The minimum absolute atomic E-state index is 0.540. The van der Waals surface area contributed by atoms with Crippen molar-refractivity contribution in [3.8, 4) is 22.8 Å². The van der Waals surface area contributed by atoms with E-state index in [2.05, 4.69) is 22.7 Å². The maximum absolute atomic E-state index is 5.95. The number of rotatable bonds is 5. The first kappa shape index (κ1) is 17.4. The minimum atomic E-state index is 0.540. The number of nitrogens with zero attached hydrogens (tertiary/aromatic N) is 3. The molecule has 3 aliphatic heterocycles. The molecule has 0 aliphatic carbocycles. The fourth-order valence-corrected chi connectivity index (χ4v) is 4.68. The molecule has 140 valence electrons. The van der Waals surface area contributed by atoms with Crippen LogP contribution in [0.1, 0.15) is 24.5 Å². The number of ether oxygens (including phenoxy) is 2. The summed E-state index contributed by atoms with van der Waals surface area (Å²) in [7, 11) is 5.36. The second-order valence-corrected chi connectivity index (χ2v) is 7.42. The van der Waals surface area contributed by atoms with Crippen molar-refractivity contribution in [2.75, 3.05) is 33.9 Å². The van der Waals surface area contributed by atoms with Crippen molar-refractivity contribution in [2.24, 2.45) is 18.7 Å². The first-order chi connectivity index (χ1) is 12.6. The van der Waals surface area contributed by atoms with E-state index in [-0.39, 0.29) is 0 Å². The van der Waals surface area contributed by atoms with E-state index >= 15 is 0 Å². The van der Waals surface area contributed by atoms with Crippen LogP contribution >= 0.6 is 0 Å². The van der Waals surface area contributed by atoms with Crippen molar-refractivity contribution < 1.29 is 9.47 Å². The van der Waals surface area contributed by atoms with Gasteiger partial charge >= 0.3 is 0 Å². The molecule has 6 nitrogen and oxygen atoms in total. The van der Waals surface area contributed by atoms with Gasteiger partial charge in [0.1, 0.15) is 0 Å². The van der Waals surface area contributed by atoms with Crippen molar-refractivity contribution >= 4 is 0 Å². The van der Waals surface area contributed by atoms with Crippen molar-refractivity contribution in [1.82, 2.24) is 14.7 Å². The Balaban J connectivity index is 1.63. The third kappa shape index (κ3) is 2.87. The minimum Gasteiger partial charge on any atom is -0.493 e. The number of nitrogens with two attached hydrogens (primary N) is 1. The van der Waals surface area contributed by atoms with Crippen LogP contribution in [0.3, 0.4) is 0 Å². The molecule has 2 N–H and O–H groups in total. The first-order valence-electron chi connectivity index (χ1n) is 9.35. The Kier molecular flexibility index (Phi) is 4.63. The van der Waals surface area contributed by atoms with Crippen molar-refractivity contribution in [2.45, 2.75) is 24.8 Å². The lowest BCUT2D eigenvalue weighted by atomic mass is 9.74. The zero-order valence-electron chi connectivity index (χ0n) is 15.8. The smallest absolute Gasteiger partial charge is 0.161 e. The molecule has 0 spiro atoms. The quantitative estimate of drug-likeness (QED) is 0.890. The fourth-order valence-electron chi connectivity index (χ4n) is 4.68. The summed E-state index contributed by atoms with van der Waals surface area (Å²) in [5.41, 5.74) is 9.30. The summed E-state index contributed by atoms with van der Waals surface area (Å²) in [5.74, 6) is 2.71. The summed E-state index contributed by atoms with van der Waals surface area (Å²) in [6, 6.07) is 8.76. The van der Waals surface area contributed by atoms with E-state index in [1.54, 1.807) is 14.2 Å². The summed E-state index contributed by atoms with van der Waals surface area (Å²) >= 11 is 0. The number of fused-ring (bicyclic) bond motifs is 3. The van der Waals surface area contributed by atoms with Crippen molar-refractivity contribution in [3.63, 3.8) is 0 Å². The second-order valence-electron chi connectivity index (χ2n) is 7.42. The summed E-state index contributed by atoms with van der Waals surface area (Å²) < 4.78 is 12.8. The number of aryl methyl sites for hydroxylation is 1. The highest BCUT2D eigenvalue weighted by molar-refractivity contribution is 5.64. The molecule has 1 aromatic carbocycles. The topological polar surface area (TPSA) is 65.5 Å². The predicted octanol–water partition coefficient (Wildman–Crippen LogP) is 2.24. The highest BCUT2D eigenvalue weighted by Gasteiger charge is 2.41. The Morgan fingerprint density at radius 2 is 2.00 bits per heavy atom. The second kappa shape index (κ2) is 6.93. The third-order valence-electron chi connectivity index (χ3n) is 6.13. The van der Waals surface area contributed by atoms with Gasteiger partial charge in [-0.3, -0.25) is 9.58 Å². The summed E-state index contributed by atoms with van der Waals surface area (Å²) in [6.45, 7) is 3.05. The van der Waals surface area contributed by atoms with Crippen LogP contribution in [0.4, 0.5) is 0 Å². The molecule has 3 aliphatic rings. The van der Waals surface area contributed by atoms with E-state index in [9.17, 15) is 0 Å². The van der Waals surface area contributed by atoms with Gasteiger partial charge in [0.05, 0.1) is 19.9 Å². The normalized spacial score (nSPS) is 27.5. The van der Waals surface area contributed by atoms with Crippen molar-refractivity contribution in [1.29, 1.82) is 0 Å². The zero-order valence-corrected chi connectivity index (χ0v) is 15.8. The largest absolute Gasteiger partial charge is 0.493 e. The van der Waals surface area contributed by atoms with E-state index in [4.69, 9.17) is 20.3 Å². The molecule has 2 aromatic rings. The highest BCUT2D eigenvalue weighted by atomic mass is 16.5. The van der Waals surface area contributed by atoms with Gasteiger partial charge in [-0.2, -0.15) is 5.10 Å². The van der Waals surface area contributed by atoms with Gasteiger partial charge in [0.15, 0.2) is 11.5 Å². The van der Waals surface area contributed by atoms with Gasteiger partial charge in [-0.25, -0.2) is 0 Å². The first-order valence-corrected chi connectivity index (χ1v) is 9.35. The molecule has 3 saturated heterocycles. The van der Waals surface area contributed by atoms with Crippen LogP contribution in [0.15, 0.2) is 24.3 Å². The van der Waals surface area contributed by atoms with Crippen LogP contribution in [0.25, 0.3) is 11.3 Å². The Morgan fingerprint density at radius 3 is 2.65 bits per heavy atom. The average molecular weight is 356 g/mol. The molecule has 5 rings (SSSR count). The van der Waals surface area contributed by atoms with Crippen LogP contribution in [0.2, 0.25) is 0 Å². The lowest BCUT2D eigenvalue weighted by molar-refractivity contribution is 0.0322. The van der Waals surface area contributed by atoms with Gasteiger partial charge in [-0.1, -0.05) is 0 Å². The number of hydrogen-bond donors (Lipinski definition) is 1. The number of hydrogen-bond acceptors (Lipinski definition) is 5. The average Bonchev–Trinajstić information content (AvgIpc) is 3.09. The highest BCUT2D eigenvalue weighted by Crippen LogP contribution is 2.42. The van der Waals surface area contributed by atoms with Crippen LogP contribution < -0.4 is 15.2 Å². The molecule has 26 heavy (non-hydrogen) atoms. The molecule has 4 heterocycles. The van der Waals surface area contributed by atoms with Crippen LogP contribution in [0, 0.1) is 5.92 Å². The van der Waals surface area contributed by atoms with E-state index in [0.717, 1.165) is 35.8 Å². The maximum Gasteiger partial charge on any atom is 0.161 e. The molecule has 1 aromatic heterocycles. The summed E-state index contributed by atoms with van der Waals surface area (Å²) in [4.78, 5) is 2.56. The fraction of sp³-hybridized carbons (Fsp3) is 0.550. The van der Waals surface area contributed by atoms with Crippen LogP contribution in [-0.4, -0.2) is 54.6 Å². The van der Waals surface area contributed by atoms with Gasteiger partial charge in [-0.15, -0.1) is 0 Å². The number of methoxy groups -OCH3 is 2. The Labute approximate surface area is 154 Å². The Hall–Kier alpha value is -2.05. The van der Waals surface area contributed by atoms with E-state index in [0.29, 0.717) is 17.9 Å². The Morgan fingerprint density at radius 1 is 1.19 bits per heavy atom. The van der Waals surface area contributed by atoms with E-state index < -0.39 is 0 Å². The molecule has 4 unspecified atom stereocenters. The molecule has 2 bridgehead atoms. The van der Waals surface area contributed by atoms with E-state index in [1.807, 2.05) is 18.2 Å². The molecule has 0 amide bonds. The molecule has 0 saturated carbocycles. The van der Waals surface area contributed by atoms with Gasteiger partial charge < -0.3 is 15.2 Å². The standard InChI is InChI=1S/C20H28N4O2/c1-23-18(16-12-24-7-6-13(16)8-15(24)11-21)10-17(22-23)14-4-5-19(25-2)20(9-14)26-3/h4-5,9-10,13,15-16H,6-8,11-12,21H2,1-3H3. The third-order valence-corrected chi connectivity index (χ3v) is 6.13. The van der Waals surface area contributed by atoms with Crippen molar-refractivity contribution in [3.05, 3.63) is 30.0 Å². The van der Waals surface area contributed by atoms with Crippen LogP contribution in [-0.2, 0) is 7.05 Å². The van der Waals surface area contributed by atoms with Gasteiger partial charge in [0.25, 0.3) is 0 Å². The lowest BCUT2D eigenvalue weighted by Crippen LogP contribution is -2.55. The van der Waals surface area contributed by atoms with Gasteiger partial charge in [0.2, 0.25) is 0 Å². The summed E-state index contributed by atoms with van der Waals surface area (Å²) in [5, 5.41) is 4.79. The molecule has 3 fully saturated rings. The maximum atomic E-state index is 5.95. The number of benzene rings is 1. The SMILES string of the molecule is COc1ccc(-c2cc(C3CN4CCC3CC4CN)n(C)n2)cc1OC. The molecule has 4 atom stereocenters.